The van der Waals surface area contributed by atoms with Gasteiger partial charge >= 0.3 is 17.9 Å². The summed E-state index contributed by atoms with van der Waals surface area (Å²) in [6.07, 6.45) is 87.4. The molecule has 1 atom stereocenters. The van der Waals surface area contributed by atoms with Crippen LogP contribution in [0.15, 0.2) is 85.1 Å². The lowest BCUT2D eigenvalue weighted by atomic mass is 10.0. The molecular weight excluding hydrogens is 961 g/mol. The van der Waals surface area contributed by atoms with Gasteiger partial charge in [0, 0.05) is 19.3 Å². The first-order chi connectivity index (χ1) is 38.5. The molecule has 0 rings (SSSR count). The van der Waals surface area contributed by atoms with E-state index in [1.54, 1.807) is 0 Å². The Bertz CT molecular complexity index is 1480. The molecule has 0 aliphatic carbocycles. The van der Waals surface area contributed by atoms with Gasteiger partial charge in [-0.05, 0) is 96.3 Å². The Kier molecular flexibility index (Phi) is 63.2. The number of hydrogen-bond acceptors (Lipinski definition) is 6. The van der Waals surface area contributed by atoms with Crippen LogP contribution in [-0.4, -0.2) is 37.2 Å². The molecule has 0 aliphatic rings. The highest BCUT2D eigenvalue weighted by atomic mass is 16.6. The minimum atomic E-state index is -0.779. The van der Waals surface area contributed by atoms with E-state index >= 15 is 0 Å². The second kappa shape index (κ2) is 66.1. The SMILES string of the molecule is CC/C=C\C/C=C\C/C=C\C/C=C\C/C=C\C/C=C\CCCCCCCCCCCCCCC(=O)OCC(COC(=O)CCCCCCCCCCCCCCC)OC(=O)CCCCCCC/C=C\CCCCCCCCC. The lowest BCUT2D eigenvalue weighted by Gasteiger charge is -2.18. The summed E-state index contributed by atoms with van der Waals surface area (Å²) in [5, 5.41) is 0. The van der Waals surface area contributed by atoms with Crippen molar-refractivity contribution in [2.45, 2.75) is 341 Å². The average Bonchev–Trinajstić information content (AvgIpc) is 3.44. The van der Waals surface area contributed by atoms with E-state index in [2.05, 4.69) is 106 Å². The molecule has 450 valence electrons. The lowest BCUT2D eigenvalue weighted by molar-refractivity contribution is -0.167. The number of carbonyl (C=O) groups excluding carboxylic acids is 3. The van der Waals surface area contributed by atoms with Crippen molar-refractivity contribution in [1.29, 1.82) is 0 Å². The summed E-state index contributed by atoms with van der Waals surface area (Å²) in [5.41, 5.74) is 0. The number of esters is 3. The maximum absolute atomic E-state index is 12.9. The number of carbonyl (C=O) groups is 3. The van der Waals surface area contributed by atoms with E-state index in [1.165, 1.54) is 193 Å². The molecule has 0 bridgehead atoms. The van der Waals surface area contributed by atoms with Crippen molar-refractivity contribution >= 4 is 17.9 Å². The minimum absolute atomic E-state index is 0.0756. The highest BCUT2D eigenvalue weighted by Gasteiger charge is 2.19. The standard InChI is InChI=1S/C72H126O6/c1-4-7-10-13-16-19-22-25-27-29-30-31-32-33-34-35-36-37-38-39-40-41-42-43-45-47-50-53-56-59-62-65-71(74)77-68-69(67-76-70(73)64-61-58-55-52-49-46-24-21-18-15-12-9-6-3)78-72(75)66-63-60-57-54-51-48-44-28-26-23-20-17-14-11-8-5-2/h7,10,16,19,25,27-28,30-31,33-34,36-37,44,69H,4-6,8-9,11-15,17-18,20-24,26,29,32,35,38-43,45-68H2,1-3H3/b10-7-,19-16-,27-25-,31-30-,34-33-,37-36-,44-28-. The fourth-order valence-corrected chi connectivity index (χ4v) is 9.62. The normalized spacial score (nSPS) is 12.6. The molecule has 0 aromatic carbocycles. The first kappa shape index (κ1) is 74.6. The van der Waals surface area contributed by atoms with E-state index in [1.807, 2.05) is 0 Å². The van der Waals surface area contributed by atoms with Crippen molar-refractivity contribution < 1.29 is 28.6 Å². The summed E-state index contributed by atoms with van der Waals surface area (Å²) in [5.74, 6) is -0.870. The molecule has 0 aromatic heterocycles. The van der Waals surface area contributed by atoms with Crippen molar-refractivity contribution in [2.24, 2.45) is 0 Å². The first-order valence-electron chi connectivity index (χ1n) is 33.6. The van der Waals surface area contributed by atoms with E-state index in [0.29, 0.717) is 19.3 Å². The molecule has 0 aromatic rings. The summed E-state index contributed by atoms with van der Waals surface area (Å²) in [4.78, 5) is 38.3. The van der Waals surface area contributed by atoms with Gasteiger partial charge in [-0.3, -0.25) is 14.4 Å². The van der Waals surface area contributed by atoms with Crippen LogP contribution in [0.25, 0.3) is 0 Å². The summed E-state index contributed by atoms with van der Waals surface area (Å²) in [7, 11) is 0. The van der Waals surface area contributed by atoms with Gasteiger partial charge in [0.05, 0.1) is 0 Å². The average molecular weight is 1090 g/mol. The van der Waals surface area contributed by atoms with E-state index in [0.717, 1.165) is 103 Å². The van der Waals surface area contributed by atoms with Gasteiger partial charge in [0.2, 0.25) is 0 Å². The second-order valence-corrected chi connectivity index (χ2v) is 22.4. The van der Waals surface area contributed by atoms with Gasteiger partial charge in [-0.2, -0.15) is 0 Å². The Morgan fingerprint density at radius 3 is 0.795 bits per heavy atom. The minimum Gasteiger partial charge on any atom is -0.462 e. The monoisotopic (exact) mass is 1090 g/mol. The number of ether oxygens (including phenoxy) is 3. The van der Waals surface area contributed by atoms with E-state index < -0.39 is 6.10 Å². The van der Waals surface area contributed by atoms with Crippen molar-refractivity contribution in [3.8, 4) is 0 Å². The third-order valence-electron chi connectivity index (χ3n) is 14.6. The highest BCUT2D eigenvalue weighted by Crippen LogP contribution is 2.17. The summed E-state index contributed by atoms with van der Waals surface area (Å²) >= 11 is 0. The number of rotatable bonds is 61. The van der Waals surface area contributed by atoms with E-state index in [-0.39, 0.29) is 31.1 Å². The van der Waals surface area contributed by atoms with Gasteiger partial charge in [0.15, 0.2) is 6.10 Å². The Morgan fingerprint density at radius 1 is 0.269 bits per heavy atom. The molecule has 6 nitrogen and oxygen atoms in total. The third-order valence-corrected chi connectivity index (χ3v) is 14.6. The van der Waals surface area contributed by atoms with Crippen molar-refractivity contribution in [1.82, 2.24) is 0 Å². The summed E-state index contributed by atoms with van der Waals surface area (Å²) in [6, 6.07) is 0. The molecular formula is C72H126O6. The molecule has 0 aliphatic heterocycles. The number of unbranched alkanes of at least 4 members (excludes halogenated alkanes) is 36. The maximum atomic E-state index is 12.9. The quantitative estimate of drug-likeness (QED) is 0.0261. The molecule has 0 fully saturated rings. The first-order valence-corrected chi connectivity index (χ1v) is 33.6. The molecule has 78 heavy (non-hydrogen) atoms. The Hall–Kier alpha value is -3.41. The fourth-order valence-electron chi connectivity index (χ4n) is 9.62. The Balaban J connectivity index is 4.22. The largest absolute Gasteiger partial charge is 0.462 e. The molecule has 0 heterocycles. The topological polar surface area (TPSA) is 78.9 Å². The number of hydrogen-bond donors (Lipinski definition) is 0. The van der Waals surface area contributed by atoms with Crippen LogP contribution in [-0.2, 0) is 28.6 Å². The predicted molar refractivity (Wildman–Crippen MR) is 339 cm³/mol. The summed E-state index contributed by atoms with van der Waals surface area (Å²) < 4.78 is 16.9. The second-order valence-electron chi connectivity index (χ2n) is 22.4. The van der Waals surface area contributed by atoms with Crippen molar-refractivity contribution in [2.75, 3.05) is 13.2 Å². The van der Waals surface area contributed by atoms with Gasteiger partial charge in [0.1, 0.15) is 13.2 Å². The molecule has 0 saturated heterocycles. The van der Waals surface area contributed by atoms with E-state index in [9.17, 15) is 14.4 Å². The molecule has 6 heteroatoms. The Labute approximate surface area is 484 Å². The van der Waals surface area contributed by atoms with Crippen LogP contribution in [0.3, 0.4) is 0 Å². The molecule has 1 unspecified atom stereocenters. The zero-order valence-corrected chi connectivity index (χ0v) is 51.7. The number of allylic oxidation sites excluding steroid dienone is 14. The molecule has 0 amide bonds. The van der Waals surface area contributed by atoms with Gasteiger partial charge in [-0.1, -0.05) is 305 Å². The lowest BCUT2D eigenvalue weighted by Crippen LogP contribution is -2.30. The van der Waals surface area contributed by atoms with Crippen LogP contribution < -0.4 is 0 Å². The van der Waals surface area contributed by atoms with Gasteiger partial charge in [0.25, 0.3) is 0 Å². The van der Waals surface area contributed by atoms with Gasteiger partial charge < -0.3 is 14.2 Å². The molecule has 0 N–H and O–H groups in total. The maximum Gasteiger partial charge on any atom is 0.306 e. The highest BCUT2D eigenvalue weighted by molar-refractivity contribution is 5.71. The third kappa shape index (κ3) is 63.4. The smallest absolute Gasteiger partial charge is 0.306 e. The van der Waals surface area contributed by atoms with Gasteiger partial charge in [-0.25, -0.2) is 0 Å². The fraction of sp³-hybridized carbons (Fsp3) is 0.764. The molecule has 0 saturated carbocycles. The van der Waals surface area contributed by atoms with Crippen LogP contribution in [0.5, 0.6) is 0 Å². The molecule has 0 radical (unpaired) electrons. The van der Waals surface area contributed by atoms with Crippen LogP contribution >= 0.6 is 0 Å². The molecule has 0 spiro atoms. The van der Waals surface area contributed by atoms with Crippen LogP contribution in [0.1, 0.15) is 335 Å². The Morgan fingerprint density at radius 2 is 0.500 bits per heavy atom. The zero-order chi connectivity index (χ0) is 56.4. The van der Waals surface area contributed by atoms with Crippen molar-refractivity contribution in [3.63, 3.8) is 0 Å². The van der Waals surface area contributed by atoms with Crippen LogP contribution in [0.4, 0.5) is 0 Å². The van der Waals surface area contributed by atoms with Gasteiger partial charge in [-0.15, -0.1) is 0 Å². The van der Waals surface area contributed by atoms with Crippen molar-refractivity contribution in [3.05, 3.63) is 85.1 Å². The van der Waals surface area contributed by atoms with Crippen LogP contribution in [0, 0.1) is 0 Å². The van der Waals surface area contributed by atoms with E-state index in [4.69, 9.17) is 14.2 Å². The zero-order valence-electron chi connectivity index (χ0n) is 51.7. The predicted octanol–water partition coefficient (Wildman–Crippen LogP) is 23.1. The summed E-state index contributed by atoms with van der Waals surface area (Å²) in [6.45, 7) is 6.55. The van der Waals surface area contributed by atoms with Crippen LogP contribution in [0.2, 0.25) is 0 Å².